The molecule has 1 aromatic heterocycles. The van der Waals surface area contributed by atoms with E-state index in [0.29, 0.717) is 6.07 Å². The van der Waals surface area contributed by atoms with Crippen molar-refractivity contribution >= 4 is 25.4 Å². The van der Waals surface area contributed by atoms with Crippen LogP contribution in [0.3, 0.4) is 0 Å². The lowest BCUT2D eigenvalue weighted by atomic mass is 9.76. The Morgan fingerprint density at radius 3 is 2.37 bits per heavy atom. The lowest BCUT2D eigenvalue weighted by Crippen LogP contribution is -2.52. The van der Waals surface area contributed by atoms with Crippen LogP contribution in [0.5, 0.6) is 5.75 Å². The molecular weight excluding hydrogens is 717 g/mol. The first-order valence-corrected chi connectivity index (χ1v) is 17.7. The molecule has 3 rings (SSSR count). The number of hydrogen-bond acceptors (Lipinski definition) is 14. The molecule has 2 aromatic rings. The maximum absolute atomic E-state index is 14.0. The highest BCUT2D eigenvalue weighted by Gasteiger charge is 2.49. The minimum Gasteiger partial charge on any atom is -0.503 e. The predicted octanol–water partition coefficient (Wildman–Crippen LogP) is 4.61. The Hall–Kier alpha value is -4.35. The van der Waals surface area contributed by atoms with E-state index < -0.39 is 103 Å². The first kappa shape index (κ1) is 42.1. The molecule has 3 unspecified atom stereocenters. The third-order valence-electron chi connectivity index (χ3n) is 7.55. The molecule has 0 radical (unpaired) electrons. The Morgan fingerprint density at radius 1 is 1.10 bits per heavy atom. The second-order valence-electron chi connectivity index (χ2n) is 12.2. The minimum absolute atomic E-state index is 0.0490. The third kappa shape index (κ3) is 11.1. The summed E-state index contributed by atoms with van der Waals surface area (Å²) >= 11 is 0. The van der Waals surface area contributed by atoms with E-state index in [-0.39, 0.29) is 37.4 Å². The standard InChI is InChI=1S/C33H43F2N2O14P/c1-19(2)50-21(5)46-17-48-52(43,49-18-47-32(42)51-20(3)4)11-10-45-16-33(6)26(44-7)15-37-14-24(28(38)29(39)27(37)30(33)40)31(41)36-13-22-8-9-23(34)12-25(22)35/h8-9,12,14,19-20,26,39H,5,10-11,13,15-18H2,1-4,6-7H3,(H,36,41). The summed E-state index contributed by atoms with van der Waals surface area (Å²) in [5.74, 6) is -4.57. The van der Waals surface area contributed by atoms with Gasteiger partial charge in [0.05, 0.1) is 49.6 Å². The fourth-order valence-electron chi connectivity index (χ4n) is 4.90. The first-order chi connectivity index (χ1) is 24.4. The Bertz CT molecular complexity index is 1700. The lowest BCUT2D eigenvalue weighted by Gasteiger charge is -2.40. The summed E-state index contributed by atoms with van der Waals surface area (Å²) in [5.41, 5.74) is -3.66. The van der Waals surface area contributed by atoms with Crippen LogP contribution >= 0.6 is 7.60 Å². The molecule has 52 heavy (non-hydrogen) atoms. The molecular formula is C33H43F2N2O14P. The second-order valence-corrected chi connectivity index (χ2v) is 14.4. The van der Waals surface area contributed by atoms with E-state index in [9.17, 15) is 37.6 Å². The molecule has 3 atom stereocenters. The van der Waals surface area contributed by atoms with Gasteiger partial charge in [0.2, 0.25) is 19.0 Å². The molecule has 0 aliphatic carbocycles. The van der Waals surface area contributed by atoms with E-state index in [1.54, 1.807) is 27.7 Å². The number of ketones is 1. The minimum atomic E-state index is -4.10. The van der Waals surface area contributed by atoms with Crippen molar-refractivity contribution in [3.63, 3.8) is 0 Å². The van der Waals surface area contributed by atoms with Gasteiger partial charge in [0.25, 0.3) is 11.9 Å². The third-order valence-corrected chi connectivity index (χ3v) is 9.28. The van der Waals surface area contributed by atoms with Gasteiger partial charge < -0.3 is 43.4 Å². The fraction of sp³-hybridized carbons (Fsp3) is 0.515. The zero-order chi connectivity index (χ0) is 38.8. The smallest absolute Gasteiger partial charge is 0.503 e. The van der Waals surface area contributed by atoms with Crippen molar-refractivity contribution in [2.45, 2.75) is 66.0 Å². The van der Waals surface area contributed by atoms with Gasteiger partial charge in [0.1, 0.15) is 22.9 Å². The van der Waals surface area contributed by atoms with Crippen LogP contribution in [0.2, 0.25) is 0 Å². The number of hydrogen-bond donors (Lipinski definition) is 2. The van der Waals surface area contributed by atoms with Crippen LogP contribution < -0.4 is 10.7 Å². The van der Waals surface area contributed by atoms with Crippen LogP contribution in [0.15, 0.2) is 41.7 Å². The van der Waals surface area contributed by atoms with Crippen LogP contribution in [0.25, 0.3) is 0 Å². The van der Waals surface area contributed by atoms with Crippen molar-refractivity contribution in [1.82, 2.24) is 9.88 Å². The average molecular weight is 761 g/mol. The van der Waals surface area contributed by atoms with Crippen molar-refractivity contribution in [2.24, 2.45) is 5.41 Å². The van der Waals surface area contributed by atoms with Crippen molar-refractivity contribution < 1.29 is 70.3 Å². The number of halogens is 2. The van der Waals surface area contributed by atoms with E-state index in [0.717, 1.165) is 18.3 Å². The summed E-state index contributed by atoms with van der Waals surface area (Å²) < 4.78 is 83.9. The maximum atomic E-state index is 14.0. The van der Waals surface area contributed by atoms with Crippen molar-refractivity contribution in [1.29, 1.82) is 0 Å². The van der Waals surface area contributed by atoms with Crippen molar-refractivity contribution in [2.75, 3.05) is 40.1 Å². The van der Waals surface area contributed by atoms with E-state index in [1.807, 2.05) is 0 Å². The van der Waals surface area contributed by atoms with Gasteiger partial charge in [0.15, 0.2) is 11.5 Å². The SMILES string of the molecule is C=C(OCOP(=O)(CCOCC1(C)C(=O)c2c(O)c(=O)c(C(=O)NCc3ccc(F)cc3F)cn2CC1OC)OCOC(=O)OC(C)C)OC(C)C. The number of pyridine rings is 1. The number of aromatic nitrogens is 1. The van der Waals surface area contributed by atoms with Crippen LogP contribution in [0.1, 0.15) is 61.0 Å². The molecule has 0 fully saturated rings. The number of benzene rings is 1. The van der Waals surface area contributed by atoms with Gasteiger partial charge >= 0.3 is 13.8 Å². The summed E-state index contributed by atoms with van der Waals surface area (Å²) in [6, 6.07) is 2.77. The van der Waals surface area contributed by atoms with Gasteiger partial charge in [-0.3, -0.25) is 28.0 Å². The molecule has 0 saturated heterocycles. The number of rotatable bonds is 19. The highest BCUT2D eigenvalue weighted by molar-refractivity contribution is 7.53. The number of Topliss-reactive ketones (excluding diaryl/α,β-unsaturated/α-hetero) is 1. The van der Waals surface area contributed by atoms with Gasteiger partial charge in [-0.15, -0.1) is 0 Å². The number of carbonyl (C=O) groups excluding carboxylic acids is 3. The maximum Gasteiger partial charge on any atom is 0.510 e. The molecule has 288 valence electrons. The Labute approximate surface area is 298 Å². The largest absolute Gasteiger partial charge is 0.510 e. The number of amides is 1. The number of aromatic hydroxyl groups is 1. The molecule has 1 amide bonds. The van der Waals surface area contributed by atoms with Crippen LogP contribution in [-0.4, -0.2) is 85.9 Å². The highest BCUT2D eigenvalue weighted by atomic mass is 31.2. The average Bonchev–Trinajstić information content (AvgIpc) is 3.05. The van der Waals surface area contributed by atoms with E-state index in [1.165, 1.54) is 18.6 Å². The van der Waals surface area contributed by atoms with Crippen LogP contribution in [0.4, 0.5) is 13.6 Å². The topological polar surface area (TPSA) is 196 Å². The summed E-state index contributed by atoms with van der Waals surface area (Å²) in [5, 5.41) is 13.2. The van der Waals surface area contributed by atoms with Gasteiger partial charge in [-0.2, -0.15) is 0 Å². The van der Waals surface area contributed by atoms with Crippen molar-refractivity contribution in [3.8, 4) is 5.75 Å². The molecule has 2 heterocycles. The summed E-state index contributed by atoms with van der Waals surface area (Å²) in [7, 11) is -2.77. The second kappa shape index (κ2) is 18.4. The highest BCUT2D eigenvalue weighted by Crippen LogP contribution is 2.48. The molecule has 1 aliphatic rings. The monoisotopic (exact) mass is 760 g/mol. The van der Waals surface area contributed by atoms with E-state index in [2.05, 4.69) is 11.9 Å². The quantitative estimate of drug-likeness (QED) is 0.0662. The number of methoxy groups -OCH3 is 1. The Balaban J connectivity index is 1.71. The zero-order valence-corrected chi connectivity index (χ0v) is 30.5. The number of nitrogens with zero attached hydrogens (tertiary/aromatic N) is 1. The molecule has 0 bridgehead atoms. The fourth-order valence-corrected chi connectivity index (χ4v) is 6.01. The molecule has 16 nitrogen and oxygen atoms in total. The molecule has 0 saturated carbocycles. The molecule has 1 aromatic carbocycles. The number of ether oxygens (including phenoxy) is 6. The summed E-state index contributed by atoms with van der Waals surface area (Å²) in [6.45, 7) is 9.07. The molecule has 2 N–H and O–H groups in total. The number of nitrogens with one attached hydrogen (secondary N) is 1. The van der Waals surface area contributed by atoms with Gasteiger partial charge in [-0.1, -0.05) is 6.07 Å². The number of carbonyl (C=O) groups is 3. The predicted molar refractivity (Wildman–Crippen MR) is 177 cm³/mol. The number of fused-ring (bicyclic) bond motifs is 1. The zero-order valence-electron chi connectivity index (χ0n) is 29.6. The van der Waals surface area contributed by atoms with Gasteiger partial charge in [0, 0.05) is 31.5 Å². The van der Waals surface area contributed by atoms with Gasteiger partial charge in [-0.05, 0) is 47.3 Å². The summed E-state index contributed by atoms with van der Waals surface area (Å²) in [6.07, 6.45) is -2.07. The summed E-state index contributed by atoms with van der Waals surface area (Å²) in [4.78, 5) is 51.5. The Kier molecular flexibility index (Phi) is 14.9. The molecule has 19 heteroatoms. The van der Waals surface area contributed by atoms with Gasteiger partial charge in [-0.25, -0.2) is 13.6 Å². The van der Waals surface area contributed by atoms with E-state index in [4.69, 9.17) is 37.5 Å². The normalized spacial score (nSPS) is 18.0. The molecule has 0 spiro atoms. The Morgan fingerprint density at radius 2 is 1.75 bits per heavy atom. The first-order valence-electron chi connectivity index (χ1n) is 15.9. The van der Waals surface area contributed by atoms with Crippen LogP contribution in [0, 0.1) is 17.0 Å². The van der Waals surface area contributed by atoms with Crippen molar-refractivity contribution in [3.05, 3.63) is 75.6 Å². The van der Waals surface area contributed by atoms with E-state index >= 15 is 0 Å². The lowest BCUT2D eigenvalue weighted by molar-refractivity contribution is -0.0573. The molecule has 1 aliphatic heterocycles. The van der Waals surface area contributed by atoms with Crippen LogP contribution in [-0.2, 0) is 55.1 Å².